The minimum atomic E-state index is -0.252. The Balaban J connectivity index is 1.84. The molecule has 0 radical (unpaired) electrons. The summed E-state index contributed by atoms with van der Waals surface area (Å²) in [5.41, 5.74) is 2.51. The van der Waals surface area contributed by atoms with E-state index in [2.05, 4.69) is 24.5 Å². The molecule has 5 heteroatoms. The largest absolute Gasteiger partial charge is 0.484 e. The molecule has 0 saturated carbocycles. The molecule has 0 aliphatic carbocycles. The van der Waals surface area contributed by atoms with Crippen LogP contribution in [0.1, 0.15) is 51.5 Å². The van der Waals surface area contributed by atoms with Crippen LogP contribution in [0.2, 0.25) is 0 Å². The Labute approximate surface area is 161 Å². The van der Waals surface area contributed by atoms with Gasteiger partial charge in [0.25, 0.3) is 5.91 Å². The molecule has 5 nitrogen and oxygen atoms in total. The zero-order valence-electron chi connectivity index (χ0n) is 16.2. The number of nitrogens with one attached hydrogen (secondary N) is 2. The molecular formula is C22H28N2O3. The van der Waals surface area contributed by atoms with Crippen molar-refractivity contribution in [1.82, 2.24) is 0 Å². The Morgan fingerprint density at radius 1 is 0.963 bits per heavy atom. The molecule has 0 unspecified atom stereocenters. The smallest absolute Gasteiger partial charge is 0.262 e. The standard InChI is InChI=1S/C22H28N2O3/c1-4-5-9-21(25)23-18-7-6-8-19(14-18)24-22(26)15-27-20-12-10-17(11-13-20)16(2)3/h6-8,10-14,16H,4-5,9,15H2,1-3H3,(H,23,25)(H,24,26). The van der Waals surface area contributed by atoms with Crippen LogP contribution >= 0.6 is 0 Å². The van der Waals surface area contributed by atoms with Gasteiger partial charge in [-0.25, -0.2) is 0 Å². The van der Waals surface area contributed by atoms with Gasteiger partial charge in [0, 0.05) is 17.8 Å². The molecule has 0 spiro atoms. The van der Waals surface area contributed by atoms with E-state index in [1.165, 1.54) is 5.56 Å². The van der Waals surface area contributed by atoms with E-state index in [0.29, 0.717) is 29.5 Å². The lowest BCUT2D eigenvalue weighted by molar-refractivity contribution is -0.118. The van der Waals surface area contributed by atoms with Crippen molar-refractivity contribution in [1.29, 1.82) is 0 Å². The Kier molecular flexibility index (Phi) is 7.86. The summed E-state index contributed by atoms with van der Waals surface area (Å²) in [5.74, 6) is 0.842. The molecule has 2 N–H and O–H groups in total. The second-order valence-electron chi connectivity index (χ2n) is 6.79. The van der Waals surface area contributed by atoms with Gasteiger partial charge in [0.2, 0.25) is 5.91 Å². The van der Waals surface area contributed by atoms with Crippen LogP contribution in [0.15, 0.2) is 48.5 Å². The number of benzene rings is 2. The second kappa shape index (κ2) is 10.4. The average molecular weight is 368 g/mol. The maximum atomic E-state index is 12.1. The van der Waals surface area contributed by atoms with Gasteiger partial charge in [0.05, 0.1) is 0 Å². The Morgan fingerprint density at radius 3 is 2.19 bits per heavy atom. The minimum absolute atomic E-state index is 0.0199. The first-order chi connectivity index (χ1) is 13.0. The van der Waals surface area contributed by atoms with Crippen molar-refractivity contribution < 1.29 is 14.3 Å². The lowest BCUT2D eigenvalue weighted by atomic mass is 10.0. The molecule has 2 aromatic carbocycles. The highest BCUT2D eigenvalue weighted by molar-refractivity contribution is 5.94. The molecule has 0 heterocycles. The van der Waals surface area contributed by atoms with Crippen LogP contribution in [0.4, 0.5) is 11.4 Å². The zero-order valence-corrected chi connectivity index (χ0v) is 16.2. The SMILES string of the molecule is CCCCC(=O)Nc1cccc(NC(=O)COc2ccc(C(C)C)cc2)c1. The number of hydrogen-bond donors (Lipinski definition) is 2. The lowest BCUT2D eigenvalue weighted by Gasteiger charge is -2.10. The average Bonchev–Trinajstić information content (AvgIpc) is 2.65. The number of anilines is 2. The van der Waals surface area contributed by atoms with Crippen molar-refractivity contribution >= 4 is 23.2 Å². The van der Waals surface area contributed by atoms with Crippen molar-refractivity contribution in [2.75, 3.05) is 17.2 Å². The summed E-state index contributed by atoms with van der Waals surface area (Å²) < 4.78 is 5.53. The quantitative estimate of drug-likeness (QED) is 0.657. The normalized spacial score (nSPS) is 10.5. The Hall–Kier alpha value is -2.82. The van der Waals surface area contributed by atoms with Crippen LogP contribution in [-0.2, 0) is 9.59 Å². The first-order valence-corrected chi connectivity index (χ1v) is 9.40. The number of ether oxygens (including phenoxy) is 1. The molecule has 144 valence electrons. The number of amides is 2. The maximum absolute atomic E-state index is 12.1. The number of carbonyl (C=O) groups excluding carboxylic acids is 2. The predicted octanol–water partition coefficient (Wildman–Crippen LogP) is 4.96. The third-order valence-corrected chi connectivity index (χ3v) is 4.10. The fourth-order valence-electron chi connectivity index (χ4n) is 2.53. The minimum Gasteiger partial charge on any atom is -0.484 e. The van der Waals surface area contributed by atoms with Gasteiger partial charge in [0.15, 0.2) is 6.61 Å². The summed E-state index contributed by atoms with van der Waals surface area (Å²) in [6.45, 7) is 6.23. The van der Waals surface area contributed by atoms with E-state index < -0.39 is 0 Å². The fourth-order valence-corrected chi connectivity index (χ4v) is 2.53. The highest BCUT2D eigenvalue weighted by Crippen LogP contribution is 2.19. The van der Waals surface area contributed by atoms with Gasteiger partial charge in [-0.15, -0.1) is 0 Å². The molecule has 0 fully saturated rings. The molecular weight excluding hydrogens is 340 g/mol. The molecule has 0 aliphatic rings. The monoisotopic (exact) mass is 368 g/mol. The van der Waals surface area contributed by atoms with E-state index in [4.69, 9.17) is 4.74 Å². The predicted molar refractivity (Wildman–Crippen MR) is 109 cm³/mol. The number of rotatable bonds is 9. The third-order valence-electron chi connectivity index (χ3n) is 4.10. The van der Waals surface area contributed by atoms with Crippen molar-refractivity contribution in [2.24, 2.45) is 0 Å². The van der Waals surface area contributed by atoms with Crippen LogP contribution < -0.4 is 15.4 Å². The summed E-state index contributed by atoms with van der Waals surface area (Å²) in [4.78, 5) is 23.9. The van der Waals surface area contributed by atoms with E-state index >= 15 is 0 Å². The van der Waals surface area contributed by atoms with Crippen molar-refractivity contribution in [3.8, 4) is 5.75 Å². The van der Waals surface area contributed by atoms with Gasteiger partial charge in [0.1, 0.15) is 5.75 Å². The topological polar surface area (TPSA) is 67.4 Å². The molecule has 0 atom stereocenters. The van der Waals surface area contributed by atoms with Gasteiger partial charge < -0.3 is 15.4 Å². The summed E-state index contributed by atoms with van der Waals surface area (Å²) in [6.07, 6.45) is 2.33. The van der Waals surface area contributed by atoms with Crippen LogP contribution in [0.25, 0.3) is 0 Å². The summed E-state index contributed by atoms with van der Waals surface area (Å²) in [5, 5.41) is 5.62. The van der Waals surface area contributed by atoms with Gasteiger partial charge in [-0.05, 0) is 48.2 Å². The maximum Gasteiger partial charge on any atom is 0.262 e. The van der Waals surface area contributed by atoms with Crippen LogP contribution in [0, 0.1) is 0 Å². The van der Waals surface area contributed by atoms with Crippen molar-refractivity contribution in [3.63, 3.8) is 0 Å². The summed E-state index contributed by atoms with van der Waals surface area (Å²) in [7, 11) is 0. The molecule has 0 aromatic heterocycles. The Bertz CT molecular complexity index is 754. The fraction of sp³-hybridized carbons (Fsp3) is 0.364. The zero-order chi connectivity index (χ0) is 19.6. The van der Waals surface area contributed by atoms with E-state index in [9.17, 15) is 9.59 Å². The first kappa shape index (κ1) is 20.5. The molecule has 2 amide bonds. The second-order valence-corrected chi connectivity index (χ2v) is 6.79. The van der Waals surface area contributed by atoms with Crippen LogP contribution in [0.5, 0.6) is 5.75 Å². The highest BCUT2D eigenvalue weighted by Gasteiger charge is 2.07. The number of unbranched alkanes of at least 4 members (excludes halogenated alkanes) is 1. The number of hydrogen-bond acceptors (Lipinski definition) is 3. The lowest BCUT2D eigenvalue weighted by Crippen LogP contribution is -2.20. The van der Waals surface area contributed by atoms with Gasteiger partial charge in [-0.1, -0.05) is 45.4 Å². The summed E-state index contributed by atoms with van der Waals surface area (Å²) >= 11 is 0. The van der Waals surface area contributed by atoms with E-state index in [-0.39, 0.29) is 18.4 Å². The molecule has 27 heavy (non-hydrogen) atoms. The molecule has 0 aliphatic heterocycles. The Morgan fingerprint density at radius 2 is 1.59 bits per heavy atom. The number of carbonyl (C=O) groups is 2. The van der Waals surface area contributed by atoms with Gasteiger partial charge in [-0.2, -0.15) is 0 Å². The third kappa shape index (κ3) is 7.13. The summed E-state index contributed by atoms with van der Waals surface area (Å²) in [6, 6.07) is 14.8. The highest BCUT2D eigenvalue weighted by atomic mass is 16.5. The van der Waals surface area contributed by atoms with Crippen molar-refractivity contribution in [2.45, 2.75) is 46.0 Å². The molecule has 0 saturated heterocycles. The van der Waals surface area contributed by atoms with E-state index in [1.54, 1.807) is 24.3 Å². The van der Waals surface area contributed by atoms with E-state index in [1.807, 2.05) is 31.2 Å². The van der Waals surface area contributed by atoms with Crippen LogP contribution in [-0.4, -0.2) is 18.4 Å². The van der Waals surface area contributed by atoms with Gasteiger partial charge in [-0.3, -0.25) is 9.59 Å². The molecule has 2 rings (SSSR count). The van der Waals surface area contributed by atoms with E-state index in [0.717, 1.165) is 12.8 Å². The molecule has 0 bridgehead atoms. The van der Waals surface area contributed by atoms with Crippen LogP contribution in [0.3, 0.4) is 0 Å². The molecule has 2 aromatic rings. The van der Waals surface area contributed by atoms with Crippen molar-refractivity contribution in [3.05, 3.63) is 54.1 Å². The van der Waals surface area contributed by atoms with Gasteiger partial charge >= 0.3 is 0 Å². The first-order valence-electron chi connectivity index (χ1n) is 9.40.